The zero-order valence-corrected chi connectivity index (χ0v) is 28.0. The molecule has 2 rings (SSSR count). The number of nitrogens with zero attached hydrogens (tertiary/aromatic N) is 2. The van der Waals surface area contributed by atoms with Gasteiger partial charge in [-0.1, -0.05) is 63.6 Å². The van der Waals surface area contributed by atoms with Crippen LogP contribution in [-0.4, -0.2) is 102 Å². The molecule has 0 saturated heterocycles. The summed E-state index contributed by atoms with van der Waals surface area (Å²) >= 11 is 0. The number of allylic oxidation sites excluding steroid dienone is 4. The number of ether oxygens (including phenoxy) is 4. The first-order chi connectivity index (χ1) is 20.4. The summed E-state index contributed by atoms with van der Waals surface area (Å²) < 4.78 is 22.7. The first-order valence-corrected chi connectivity index (χ1v) is 16.0. The third-order valence-electron chi connectivity index (χ3n) is 7.75. The van der Waals surface area contributed by atoms with Gasteiger partial charge in [0.15, 0.2) is 0 Å². The third kappa shape index (κ3) is 15.4. The highest BCUT2D eigenvalue weighted by Gasteiger charge is 2.25. The fourth-order valence-corrected chi connectivity index (χ4v) is 5.19. The molecule has 0 aromatic rings. The van der Waals surface area contributed by atoms with Gasteiger partial charge in [-0.25, -0.2) is 4.79 Å². The molecule has 3 unspecified atom stereocenters. The zero-order chi connectivity index (χ0) is 31.2. The Bertz CT molecular complexity index is 861. The van der Waals surface area contributed by atoms with Gasteiger partial charge in [0.25, 0.3) is 0 Å². The largest absolute Gasteiger partial charge is 0.498 e. The van der Waals surface area contributed by atoms with E-state index in [1.54, 1.807) is 21.3 Å². The lowest BCUT2D eigenvalue weighted by atomic mass is 9.94. The maximum Gasteiger partial charge on any atom is 0.407 e. The Kier molecular flexibility index (Phi) is 21.1. The molecule has 2 aliphatic carbocycles. The van der Waals surface area contributed by atoms with Crippen molar-refractivity contribution in [2.24, 2.45) is 5.92 Å². The number of hydrogen-bond donors (Lipinski definition) is 1. The van der Waals surface area contributed by atoms with Crippen LogP contribution in [-0.2, 0) is 18.9 Å². The SMILES string of the molecule is CC.CCCN(CCN(C)CCOC(=O)NCC/C1=C/C=CCC(C)CC1)C/C1=C(\OC)C(OC)CC(OC)/C=C\C1.[HH]. The van der Waals surface area contributed by atoms with Crippen molar-refractivity contribution in [3.63, 3.8) is 0 Å². The Morgan fingerprint density at radius 3 is 2.57 bits per heavy atom. The van der Waals surface area contributed by atoms with Gasteiger partial charge in [-0.2, -0.15) is 0 Å². The Hall–Kier alpha value is -2.13. The van der Waals surface area contributed by atoms with Crippen molar-refractivity contribution >= 4 is 6.09 Å². The summed E-state index contributed by atoms with van der Waals surface area (Å²) in [5.41, 5.74) is 2.64. The second-order valence-corrected chi connectivity index (χ2v) is 11.1. The summed E-state index contributed by atoms with van der Waals surface area (Å²) in [6.45, 7) is 13.8. The van der Waals surface area contributed by atoms with Crippen molar-refractivity contribution in [3.8, 4) is 0 Å². The fraction of sp³-hybridized carbons (Fsp3) is 0.735. The van der Waals surface area contributed by atoms with E-state index in [0.717, 1.165) is 76.4 Å². The van der Waals surface area contributed by atoms with E-state index in [9.17, 15) is 4.79 Å². The molecule has 42 heavy (non-hydrogen) atoms. The lowest BCUT2D eigenvalue weighted by molar-refractivity contribution is 0.0286. The van der Waals surface area contributed by atoms with Crippen LogP contribution in [0.3, 0.4) is 0 Å². The predicted molar refractivity (Wildman–Crippen MR) is 176 cm³/mol. The van der Waals surface area contributed by atoms with Crippen molar-refractivity contribution in [1.29, 1.82) is 0 Å². The molecular weight excluding hydrogens is 530 g/mol. The average Bonchev–Trinajstić information content (AvgIpc) is 2.97. The van der Waals surface area contributed by atoms with Crippen LogP contribution in [0.5, 0.6) is 0 Å². The summed E-state index contributed by atoms with van der Waals surface area (Å²) in [4.78, 5) is 16.9. The number of alkyl carbamates (subject to hydrolysis) is 1. The predicted octanol–water partition coefficient (Wildman–Crippen LogP) is 6.60. The molecule has 3 atom stereocenters. The van der Waals surface area contributed by atoms with Crippen molar-refractivity contribution in [1.82, 2.24) is 15.1 Å². The van der Waals surface area contributed by atoms with Gasteiger partial charge in [-0.05, 0) is 63.6 Å². The molecule has 0 fully saturated rings. The van der Waals surface area contributed by atoms with Crippen molar-refractivity contribution in [2.75, 3.05) is 74.3 Å². The van der Waals surface area contributed by atoms with E-state index in [2.05, 4.69) is 66.4 Å². The van der Waals surface area contributed by atoms with Gasteiger partial charge in [-0.15, -0.1) is 0 Å². The molecule has 1 amide bonds. The van der Waals surface area contributed by atoms with Gasteiger partial charge >= 0.3 is 6.09 Å². The van der Waals surface area contributed by atoms with E-state index >= 15 is 0 Å². The first-order valence-electron chi connectivity index (χ1n) is 16.0. The highest BCUT2D eigenvalue weighted by molar-refractivity contribution is 5.67. The summed E-state index contributed by atoms with van der Waals surface area (Å²) in [6, 6.07) is 0. The molecule has 8 nitrogen and oxygen atoms in total. The van der Waals surface area contributed by atoms with Crippen LogP contribution in [0, 0.1) is 5.92 Å². The van der Waals surface area contributed by atoms with Gasteiger partial charge in [0.1, 0.15) is 18.5 Å². The number of carbonyl (C=O) groups is 1. The van der Waals surface area contributed by atoms with Crippen LogP contribution >= 0.6 is 0 Å². The standard InChI is InChI=1S/C32H55N3O5.C2H6.H2/c1-7-19-35(25-28-13-10-14-29(37-4)24-30(38-5)31(28)39-6)21-20-34(3)22-23-40-32(36)33-18-17-27-12-9-8-11-26(2)15-16-27;1-2;/h8-10,12,14,26,29-30H,7,11,13,15-25H2,1-6H3,(H,33,36);1-2H3;1H/b9-8?,14-10-,27-12+,31-28-;;. The average molecular weight is 594 g/mol. The topological polar surface area (TPSA) is 72.5 Å². The Balaban J connectivity index is 0.00000575. The normalized spacial score (nSPS) is 24.8. The highest BCUT2D eigenvalue weighted by Crippen LogP contribution is 2.25. The Labute approximate surface area is 258 Å². The number of amides is 1. The molecular formula is C34H63N3O5. The van der Waals surface area contributed by atoms with E-state index in [1.807, 2.05) is 13.8 Å². The van der Waals surface area contributed by atoms with Gasteiger partial charge in [0.2, 0.25) is 0 Å². The minimum atomic E-state index is -0.337. The van der Waals surface area contributed by atoms with Gasteiger partial charge in [0.05, 0.1) is 13.2 Å². The summed E-state index contributed by atoms with van der Waals surface area (Å²) in [5, 5.41) is 2.90. The van der Waals surface area contributed by atoms with Crippen LogP contribution in [0.15, 0.2) is 47.3 Å². The molecule has 0 radical (unpaired) electrons. The maximum absolute atomic E-state index is 12.2. The van der Waals surface area contributed by atoms with E-state index < -0.39 is 0 Å². The lowest BCUT2D eigenvalue weighted by Crippen LogP contribution is -2.37. The van der Waals surface area contributed by atoms with Crippen molar-refractivity contribution < 1.29 is 25.2 Å². The second kappa shape index (κ2) is 23.3. The first kappa shape index (κ1) is 37.9. The molecule has 0 aliphatic heterocycles. The van der Waals surface area contributed by atoms with E-state index in [0.29, 0.717) is 19.7 Å². The molecule has 244 valence electrons. The molecule has 0 spiro atoms. The Morgan fingerprint density at radius 2 is 1.88 bits per heavy atom. The number of carbonyl (C=O) groups excluding carboxylic acids is 1. The molecule has 2 aliphatic rings. The van der Waals surface area contributed by atoms with Crippen LogP contribution in [0.1, 0.15) is 74.1 Å². The smallest absolute Gasteiger partial charge is 0.407 e. The summed E-state index contributed by atoms with van der Waals surface area (Å²) in [7, 11) is 7.27. The number of likely N-dealkylation sites (N-methyl/N-ethyl adjacent to an activating group) is 1. The van der Waals surface area contributed by atoms with Crippen molar-refractivity contribution in [2.45, 2.75) is 84.8 Å². The molecule has 8 heteroatoms. The van der Waals surface area contributed by atoms with Crippen LogP contribution in [0.2, 0.25) is 0 Å². The molecule has 0 saturated carbocycles. The molecule has 0 aromatic heterocycles. The number of hydrogen-bond acceptors (Lipinski definition) is 7. The highest BCUT2D eigenvalue weighted by atomic mass is 16.5. The fourth-order valence-electron chi connectivity index (χ4n) is 5.19. The van der Waals surface area contributed by atoms with Gasteiger partial charge in [0, 0.05) is 54.8 Å². The van der Waals surface area contributed by atoms with Gasteiger partial charge < -0.3 is 29.2 Å². The van der Waals surface area contributed by atoms with E-state index in [-0.39, 0.29) is 19.7 Å². The molecule has 0 aromatic carbocycles. The number of rotatable bonds is 16. The number of methoxy groups -OCH3 is 3. The van der Waals surface area contributed by atoms with Gasteiger partial charge in [-0.3, -0.25) is 4.90 Å². The third-order valence-corrected chi connectivity index (χ3v) is 7.75. The monoisotopic (exact) mass is 593 g/mol. The molecule has 0 bridgehead atoms. The van der Waals surface area contributed by atoms with Crippen molar-refractivity contribution in [3.05, 3.63) is 47.3 Å². The maximum atomic E-state index is 12.2. The Morgan fingerprint density at radius 1 is 1.10 bits per heavy atom. The minimum absolute atomic E-state index is 0. The summed E-state index contributed by atoms with van der Waals surface area (Å²) in [5.74, 6) is 1.63. The molecule has 1 N–H and O–H groups in total. The van der Waals surface area contributed by atoms with Crippen LogP contribution in [0.4, 0.5) is 4.79 Å². The zero-order valence-electron chi connectivity index (χ0n) is 28.0. The quantitative estimate of drug-likeness (QED) is 0.202. The molecule has 0 heterocycles. The number of nitrogens with one attached hydrogen (secondary N) is 1. The van der Waals surface area contributed by atoms with E-state index in [1.165, 1.54) is 17.6 Å². The summed E-state index contributed by atoms with van der Waals surface area (Å²) in [6.07, 6.45) is 17.4. The van der Waals surface area contributed by atoms with Crippen LogP contribution < -0.4 is 5.32 Å². The minimum Gasteiger partial charge on any atom is -0.498 e. The second-order valence-electron chi connectivity index (χ2n) is 11.1. The van der Waals surface area contributed by atoms with Crippen LogP contribution in [0.25, 0.3) is 0 Å². The lowest BCUT2D eigenvalue weighted by Gasteiger charge is -2.30. The van der Waals surface area contributed by atoms with E-state index in [4.69, 9.17) is 18.9 Å².